The van der Waals surface area contributed by atoms with E-state index < -0.39 is 17.0 Å². The molecule has 0 atom stereocenters. The highest BCUT2D eigenvalue weighted by molar-refractivity contribution is 6.30. The van der Waals surface area contributed by atoms with Gasteiger partial charge in [-0.1, -0.05) is 30.7 Å². The molecule has 1 aliphatic heterocycles. The molecule has 0 fully saturated rings. The Morgan fingerprint density at radius 1 is 1.07 bits per heavy atom. The van der Waals surface area contributed by atoms with Gasteiger partial charge in [0.25, 0.3) is 0 Å². The summed E-state index contributed by atoms with van der Waals surface area (Å²) in [6.07, 6.45) is 0.635. The standard InChI is InChI=1S/C23H24ClFO4/c1-6-13-7-8-14(16-10-9-15(24)12-18(16)25)11-17(13)19-20(26)22(2,3)29-23(4,5)21(19)28-27/h7-12,27H,6H2,1-5H3. The number of carbonyl (C=O) groups excluding carboxylic acids is 1. The van der Waals surface area contributed by atoms with Crippen LogP contribution in [0.3, 0.4) is 0 Å². The van der Waals surface area contributed by atoms with E-state index in [1.54, 1.807) is 52.0 Å². The van der Waals surface area contributed by atoms with Crippen LogP contribution in [0.4, 0.5) is 4.39 Å². The average Bonchev–Trinajstić information content (AvgIpc) is 2.63. The molecule has 1 N–H and O–H groups in total. The summed E-state index contributed by atoms with van der Waals surface area (Å²) in [5, 5.41) is 9.91. The lowest BCUT2D eigenvalue weighted by Gasteiger charge is -2.41. The zero-order chi connectivity index (χ0) is 21.6. The quantitative estimate of drug-likeness (QED) is 0.484. The number of benzene rings is 2. The first-order valence-electron chi connectivity index (χ1n) is 9.41. The molecule has 0 aliphatic carbocycles. The van der Waals surface area contributed by atoms with Crippen LogP contribution < -0.4 is 0 Å². The maximum absolute atomic E-state index is 14.5. The topological polar surface area (TPSA) is 55.8 Å². The SMILES string of the molecule is CCc1ccc(-c2ccc(Cl)cc2F)cc1C1=C(OO)C(C)(C)OC(C)(C)C1=O. The number of hydrogen-bond acceptors (Lipinski definition) is 4. The fourth-order valence-electron chi connectivity index (χ4n) is 3.84. The lowest BCUT2D eigenvalue weighted by Crippen LogP contribution is -2.50. The molecule has 0 saturated heterocycles. The van der Waals surface area contributed by atoms with Crippen molar-refractivity contribution < 1.29 is 24.1 Å². The van der Waals surface area contributed by atoms with Crippen LogP contribution in [-0.2, 0) is 20.8 Å². The molecule has 0 amide bonds. The molecule has 4 nitrogen and oxygen atoms in total. The Morgan fingerprint density at radius 3 is 2.34 bits per heavy atom. The molecule has 2 aromatic rings. The molecule has 0 bridgehead atoms. The zero-order valence-electron chi connectivity index (χ0n) is 17.1. The first-order chi connectivity index (χ1) is 13.5. The predicted molar refractivity (Wildman–Crippen MR) is 111 cm³/mol. The van der Waals surface area contributed by atoms with E-state index in [2.05, 4.69) is 4.89 Å². The summed E-state index contributed by atoms with van der Waals surface area (Å²) < 4.78 is 20.4. The molecule has 1 heterocycles. The van der Waals surface area contributed by atoms with Gasteiger partial charge in [0.05, 0.1) is 5.57 Å². The molecule has 0 spiro atoms. The molecule has 0 unspecified atom stereocenters. The number of rotatable bonds is 4. The van der Waals surface area contributed by atoms with Crippen LogP contribution in [0.2, 0.25) is 5.02 Å². The summed E-state index contributed by atoms with van der Waals surface area (Å²) in [5.74, 6) is -0.742. The minimum Gasteiger partial charge on any atom is -0.353 e. The van der Waals surface area contributed by atoms with Crippen LogP contribution in [0.15, 0.2) is 42.2 Å². The summed E-state index contributed by atoms with van der Waals surface area (Å²) in [6, 6.07) is 9.85. The molecule has 29 heavy (non-hydrogen) atoms. The van der Waals surface area contributed by atoms with Crippen LogP contribution in [0.25, 0.3) is 16.7 Å². The molecule has 0 aromatic heterocycles. The highest BCUT2D eigenvalue weighted by atomic mass is 35.5. The van der Waals surface area contributed by atoms with Crippen molar-refractivity contribution >= 4 is 23.0 Å². The van der Waals surface area contributed by atoms with Gasteiger partial charge in [0.2, 0.25) is 0 Å². The molecule has 0 saturated carbocycles. The van der Waals surface area contributed by atoms with Gasteiger partial charge in [0.15, 0.2) is 11.5 Å². The smallest absolute Gasteiger partial charge is 0.198 e. The van der Waals surface area contributed by atoms with Gasteiger partial charge in [-0.3, -0.25) is 4.79 Å². The van der Waals surface area contributed by atoms with Crippen molar-refractivity contribution in [3.05, 3.63) is 64.1 Å². The molecular formula is C23H24ClFO4. The minimum atomic E-state index is -1.12. The monoisotopic (exact) mass is 418 g/mol. The Labute approximate surface area is 174 Å². The fraction of sp³-hybridized carbons (Fsp3) is 0.348. The van der Waals surface area contributed by atoms with E-state index in [0.29, 0.717) is 28.1 Å². The minimum absolute atomic E-state index is 0.0326. The molecule has 3 rings (SSSR count). The van der Waals surface area contributed by atoms with Gasteiger partial charge in [-0.05, 0) is 75.1 Å². The Morgan fingerprint density at radius 2 is 1.76 bits per heavy atom. The third kappa shape index (κ3) is 3.82. The Balaban J connectivity index is 2.30. The van der Waals surface area contributed by atoms with Crippen molar-refractivity contribution in [2.75, 3.05) is 0 Å². The molecule has 154 valence electrons. The average molecular weight is 419 g/mol. The second-order valence-corrected chi connectivity index (χ2v) is 8.53. The van der Waals surface area contributed by atoms with E-state index in [4.69, 9.17) is 16.3 Å². The number of carbonyl (C=O) groups is 1. The largest absolute Gasteiger partial charge is 0.353 e. The summed E-state index contributed by atoms with van der Waals surface area (Å²) in [5.41, 5.74) is 0.491. The molecular weight excluding hydrogens is 395 g/mol. The number of ketones is 1. The fourth-order valence-corrected chi connectivity index (χ4v) is 4.00. The summed E-state index contributed by atoms with van der Waals surface area (Å²) >= 11 is 5.87. The maximum atomic E-state index is 14.5. The number of ether oxygens (including phenoxy) is 1. The molecule has 6 heteroatoms. The van der Waals surface area contributed by atoms with Crippen LogP contribution in [0.1, 0.15) is 45.7 Å². The second kappa shape index (κ2) is 7.56. The third-order valence-electron chi connectivity index (χ3n) is 5.15. The van der Waals surface area contributed by atoms with Crippen molar-refractivity contribution in [1.82, 2.24) is 0 Å². The Kier molecular flexibility index (Phi) is 5.60. The number of aryl methyl sites for hydroxylation is 1. The lowest BCUT2D eigenvalue weighted by atomic mass is 9.80. The van der Waals surface area contributed by atoms with E-state index in [0.717, 1.165) is 5.56 Å². The molecule has 1 aliphatic rings. The van der Waals surface area contributed by atoms with Crippen LogP contribution in [-0.4, -0.2) is 22.2 Å². The van der Waals surface area contributed by atoms with E-state index in [1.165, 1.54) is 6.07 Å². The highest BCUT2D eigenvalue weighted by Gasteiger charge is 2.48. The first kappa shape index (κ1) is 21.5. The van der Waals surface area contributed by atoms with Crippen LogP contribution in [0.5, 0.6) is 0 Å². The number of Topliss-reactive ketones (excluding diaryl/α,β-unsaturated/α-hetero) is 1. The van der Waals surface area contributed by atoms with Crippen molar-refractivity contribution in [3.8, 4) is 11.1 Å². The van der Waals surface area contributed by atoms with Gasteiger partial charge in [-0.25, -0.2) is 9.65 Å². The van der Waals surface area contributed by atoms with Gasteiger partial charge in [-0.15, -0.1) is 0 Å². The Hall–Kier alpha value is -2.21. The number of hydrogen-bond donors (Lipinski definition) is 1. The highest BCUT2D eigenvalue weighted by Crippen LogP contribution is 2.43. The van der Waals surface area contributed by atoms with E-state index in [-0.39, 0.29) is 17.1 Å². The van der Waals surface area contributed by atoms with Crippen molar-refractivity contribution in [2.45, 2.75) is 52.2 Å². The predicted octanol–water partition coefficient (Wildman–Crippen LogP) is 6.07. The van der Waals surface area contributed by atoms with E-state index in [1.807, 2.05) is 13.0 Å². The summed E-state index contributed by atoms with van der Waals surface area (Å²) in [7, 11) is 0. The normalized spacial score (nSPS) is 18.1. The van der Waals surface area contributed by atoms with Crippen LogP contribution in [0, 0.1) is 5.82 Å². The van der Waals surface area contributed by atoms with Gasteiger partial charge in [0, 0.05) is 10.6 Å². The maximum Gasteiger partial charge on any atom is 0.198 e. The van der Waals surface area contributed by atoms with Crippen molar-refractivity contribution in [1.29, 1.82) is 0 Å². The lowest BCUT2D eigenvalue weighted by molar-refractivity contribution is -0.243. The van der Waals surface area contributed by atoms with Gasteiger partial charge in [0.1, 0.15) is 17.0 Å². The Bertz CT molecular complexity index is 1010. The summed E-state index contributed by atoms with van der Waals surface area (Å²) in [6.45, 7) is 8.77. The first-order valence-corrected chi connectivity index (χ1v) is 9.79. The number of halogens is 2. The van der Waals surface area contributed by atoms with E-state index in [9.17, 15) is 14.4 Å². The second-order valence-electron chi connectivity index (χ2n) is 8.10. The molecule has 0 radical (unpaired) electrons. The van der Waals surface area contributed by atoms with E-state index >= 15 is 0 Å². The third-order valence-corrected chi connectivity index (χ3v) is 5.39. The zero-order valence-corrected chi connectivity index (χ0v) is 17.9. The van der Waals surface area contributed by atoms with Crippen molar-refractivity contribution in [2.24, 2.45) is 0 Å². The molecule has 2 aromatic carbocycles. The van der Waals surface area contributed by atoms with Gasteiger partial charge >= 0.3 is 0 Å². The van der Waals surface area contributed by atoms with Crippen LogP contribution >= 0.6 is 11.6 Å². The summed E-state index contributed by atoms with van der Waals surface area (Å²) in [4.78, 5) is 17.9. The van der Waals surface area contributed by atoms with Gasteiger partial charge in [-0.2, -0.15) is 0 Å². The van der Waals surface area contributed by atoms with Gasteiger partial charge < -0.3 is 9.62 Å². The van der Waals surface area contributed by atoms with Crippen molar-refractivity contribution in [3.63, 3.8) is 0 Å².